The van der Waals surface area contributed by atoms with E-state index in [-0.39, 0.29) is 11.7 Å². The number of nitrogens with zero attached hydrogens (tertiary/aromatic N) is 2. The lowest BCUT2D eigenvalue weighted by Crippen LogP contribution is -2.40. The number of esters is 1. The van der Waals surface area contributed by atoms with E-state index >= 15 is 0 Å². The predicted octanol–water partition coefficient (Wildman–Crippen LogP) is 3.98. The summed E-state index contributed by atoms with van der Waals surface area (Å²) in [4.78, 5) is 31.8. The summed E-state index contributed by atoms with van der Waals surface area (Å²) < 4.78 is 18.8. The Morgan fingerprint density at radius 1 is 1.14 bits per heavy atom. The van der Waals surface area contributed by atoms with Crippen LogP contribution >= 0.6 is 11.3 Å². The summed E-state index contributed by atoms with van der Waals surface area (Å²) >= 11 is 1.30. The summed E-state index contributed by atoms with van der Waals surface area (Å²) in [6.45, 7) is 8.26. The molecule has 0 N–H and O–H groups in total. The van der Waals surface area contributed by atoms with Crippen LogP contribution in [0.2, 0.25) is 0 Å². The molecule has 36 heavy (non-hydrogen) atoms. The molecule has 4 rings (SSSR count). The minimum absolute atomic E-state index is 0.00787. The predicted molar refractivity (Wildman–Crippen MR) is 140 cm³/mol. The van der Waals surface area contributed by atoms with E-state index in [1.807, 2.05) is 82.3 Å². The van der Waals surface area contributed by atoms with Gasteiger partial charge in [-0.3, -0.25) is 9.36 Å². The first-order valence-electron chi connectivity index (χ1n) is 12.0. The standard InChI is InChI=1S/C28H30N2O5S/c1-6-20-24(27(32)33-5)25(19-11-9-8-10-12-19)30-26(31)23(36-28(30)29-20)16-18-13-14-21(35-17(3)4)22(15-18)34-7-2/h8-17,25H,6-7H2,1-5H3/b23-16+/t25-/m0/s1. The van der Waals surface area contributed by atoms with Crippen molar-refractivity contribution >= 4 is 23.4 Å². The Labute approximate surface area is 214 Å². The molecule has 188 valence electrons. The van der Waals surface area contributed by atoms with Gasteiger partial charge in [-0.1, -0.05) is 54.7 Å². The van der Waals surface area contributed by atoms with Crippen molar-refractivity contribution in [1.29, 1.82) is 0 Å². The third kappa shape index (κ3) is 4.99. The van der Waals surface area contributed by atoms with Crippen molar-refractivity contribution in [3.63, 3.8) is 0 Å². The van der Waals surface area contributed by atoms with Gasteiger partial charge in [0.25, 0.3) is 5.56 Å². The van der Waals surface area contributed by atoms with Gasteiger partial charge in [-0.15, -0.1) is 0 Å². The summed E-state index contributed by atoms with van der Waals surface area (Å²) in [5.41, 5.74) is 2.42. The fourth-order valence-electron chi connectivity index (χ4n) is 4.20. The van der Waals surface area contributed by atoms with Gasteiger partial charge in [0.15, 0.2) is 16.3 Å². The van der Waals surface area contributed by atoms with E-state index in [9.17, 15) is 9.59 Å². The maximum Gasteiger partial charge on any atom is 0.338 e. The number of hydrogen-bond acceptors (Lipinski definition) is 7. The lowest BCUT2D eigenvalue weighted by atomic mass is 9.95. The Kier molecular flexibility index (Phi) is 7.74. The summed E-state index contributed by atoms with van der Waals surface area (Å²) in [5, 5.41) is 0. The van der Waals surface area contributed by atoms with Gasteiger partial charge in [-0.25, -0.2) is 9.79 Å². The van der Waals surface area contributed by atoms with Crippen LogP contribution in [0.25, 0.3) is 6.08 Å². The second kappa shape index (κ2) is 11.0. The maximum absolute atomic E-state index is 13.7. The van der Waals surface area contributed by atoms with Crippen LogP contribution < -0.4 is 24.4 Å². The van der Waals surface area contributed by atoms with Crippen molar-refractivity contribution in [3.8, 4) is 11.5 Å². The minimum Gasteiger partial charge on any atom is -0.490 e. The normalized spacial score (nSPS) is 15.5. The monoisotopic (exact) mass is 506 g/mol. The van der Waals surface area contributed by atoms with E-state index in [4.69, 9.17) is 19.2 Å². The Bertz CT molecular complexity index is 1470. The van der Waals surface area contributed by atoms with E-state index in [1.54, 1.807) is 4.57 Å². The van der Waals surface area contributed by atoms with Gasteiger partial charge in [0.1, 0.15) is 0 Å². The number of rotatable bonds is 8. The number of carbonyl (C=O) groups excluding carboxylic acids is 1. The van der Waals surface area contributed by atoms with Gasteiger partial charge >= 0.3 is 5.97 Å². The quantitative estimate of drug-likeness (QED) is 0.432. The Balaban J connectivity index is 1.90. The molecule has 8 heteroatoms. The lowest BCUT2D eigenvalue weighted by Gasteiger charge is -2.25. The summed E-state index contributed by atoms with van der Waals surface area (Å²) in [5.74, 6) is 0.793. The van der Waals surface area contributed by atoms with Gasteiger partial charge < -0.3 is 14.2 Å². The van der Waals surface area contributed by atoms with Crippen LogP contribution in [0, 0.1) is 0 Å². The van der Waals surface area contributed by atoms with Crippen LogP contribution in [0.1, 0.15) is 51.3 Å². The van der Waals surface area contributed by atoms with Gasteiger partial charge in [-0.05, 0) is 56.5 Å². The molecule has 1 aromatic heterocycles. The topological polar surface area (TPSA) is 79.1 Å². The summed E-state index contributed by atoms with van der Waals surface area (Å²) in [7, 11) is 1.35. The van der Waals surface area contributed by atoms with E-state index < -0.39 is 12.0 Å². The van der Waals surface area contributed by atoms with Crippen LogP contribution in [0.3, 0.4) is 0 Å². The molecule has 1 atom stereocenters. The fraction of sp³-hybridized carbons (Fsp3) is 0.321. The van der Waals surface area contributed by atoms with Crippen LogP contribution in [-0.4, -0.2) is 30.4 Å². The molecule has 0 spiro atoms. The van der Waals surface area contributed by atoms with Gasteiger partial charge in [-0.2, -0.15) is 0 Å². The molecular weight excluding hydrogens is 476 g/mol. The van der Waals surface area contributed by atoms with Gasteiger partial charge in [0, 0.05) is 0 Å². The number of fused-ring (bicyclic) bond motifs is 1. The highest BCUT2D eigenvalue weighted by molar-refractivity contribution is 7.07. The van der Waals surface area contributed by atoms with Crippen molar-refractivity contribution < 1.29 is 19.0 Å². The highest BCUT2D eigenvalue weighted by atomic mass is 32.1. The lowest BCUT2D eigenvalue weighted by molar-refractivity contribution is -0.136. The molecule has 2 aromatic carbocycles. The van der Waals surface area contributed by atoms with Crippen molar-refractivity contribution in [3.05, 3.63) is 90.6 Å². The highest BCUT2D eigenvalue weighted by Crippen LogP contribution is 2.32. The van der Waals surface area contributed by atoms with Crippen molar-refractivity contribution in [2.24, 2.45) is 4.99 Å². The zero-order valence-electron chi connectivity index (χ0n) is 21.1. The summed E-state index contributed by atoms with van der Waals surface area (Å²) in [6.07, 6.45) is 2.36. The number of thiazole rings is 1. The molecule has 0 radical (unpaired) electrons. The zero-order valence-corrected chi connectivity index (χ0v) is 21.9. The van der Waals surface area contributed by atoms with E-state index in [1.165, 1.54) is 18.4 Å². The third-order valence-electron chi connectivity index (χ3n) is 5.69. The molecule has 0 bridgehead atoms. The molecule has 7 nitrogen and oxygen atoms in total. The van der Waals surface area contributed by atoms with E-state index in [0.29, 0.717) is 45.1 Å². The zero-order chi connectivity index (χ0) is 25.8. The average molecular weight is 507 g/mol. The molecule has 2 heterocycles. The number of hydrogen-bond donors (Lipinski definition) is 0. The molecule has 1 aliphatic rings. The van der Waals surface area contributed by atoms with Crippen LogP contribution in [0.15, 0.2) is 69.6 Å². The Hall–Kier alpha value is -3.65. The molecule has 0 saturated heterocycles. The van der Waals surface area contributed by atoms with Crippen LogP contribution in [0.4, 0.5) is 0 Å². The summed E-state index contributed by atoms with van der Waals surface area (Å²) in [6, 6.07) is 14.5. The molecule has 1 aliphatic heterocycles. The van der Waals surface area contributed by atoms with E-state index in [2.05, 4.69) is 0 Å². The first-order valence-corrected chi connectivity index (χ1v) is 12.8. The van der Waals surface area contributed by atoms with Crippen LogP contribution in [0.5, 0.6) is 11.5 Å². The second-order valence-electron chi connectivity index (χ2n) is 8.50. The van der Waals surface area contributed by atoms with Crippen molar-refractivity contribution in [2.75, 3.05) is 13.7 Å². The Morgan fingerprint density at radius 3 is 2.53 bits per heavy atom. The van der Waals surface area contributed by atoms with E-state index in [0.717, 1.165) is 11.1 Å². The molecule has 0 unspecified atom stereocenters. The first-order chi connectivity index (χ1) is 17.4. The minimum atomic E-state index is -0.618. The number of methoxy groups -OCH3 is 1. The van der Waals surface area contributed by atoms with Crippen molar-refractivity contribution in [1.82, 2.24) is 4.57 Å². The van der Waals surface area contributed by atoms with Gasteiger partial charge in [0.05, 0.1) is 41.7 Å². The maximum atomic E-state index is 13.7. The molecule has 0 saturated carbocycles. The molecule has 0 fully saturated rings. The number of aromatic nitrogens is 1. The van der Waals surface area contributed by atoms with Gasteiger partial charge in [0.2, 0.25) is 0 Å². The fourth-order valence-corrected chi connectivity index (χ4v) is 5.22. The molecule has 0 amide bonds. The Morgan fingerprint density at radius 2 is 1.89 bits per heavy atom. The SMILES string of the molecule is CCOc1cc(/C=c2/sc3n(c2=O)[C@@H](c2ccccc2)C(C(=O)OC)=C(CC)N=3)ccc1OC(C)C. The van der Waals surface area contributed by atoms with Crippen LogP contribution in [-0.2, 0) is 9.53 Å². The smallest absolute Gasteiger partial charge is 0.338 e. The largest absolute Gasteiger partial charge is 0.490 e. The van der Waals surface area contributed by atoms with Crippen molar-refractivity contribution in [2.45, 2.75) is 46.3 Å². The molecular formula is C28H30N2O5S. The average Bonchev–Trinajstić information content (AvgIpc) is 3.18. The molecule has 3 aromatic rings. The second-order valence-corrected chi connectivity index (χ2v) is 9.51. The number of carbonyl (C=O) groups is 1. The number of ether oxygens (including phenoxy) is 3. The number of benzene rings is 2. The third-order valence-corrected chi connectivity index (χ3v) is 6.68. The molecule has 0 aliphatic carbocycles. The first kappa shape index (κ1) is 25.4. The number of allylic oxidation sites excluding steroid dienone is 1. The highest BCUT2D eigenvalue weighted by Gasteiger charge is 2.33.